The van der Waals surface area contributed by atoms with Crippen LogP contribution in [0.4, 0.5) is 0 Å². The van der Waals surface area contributed by atoms with Crippen LogP contribution >= 0.6 is 0 Å². The van der Waals surface area contributed by atoms with Crippen molar-refractivity contribution in [3.8, 4) is 0 Å². The maximum atomic E-state index is 10.3. The van der Waals surface area contributed by atoms with Gasteiger partial charge < -0.3 is 17.7 Å². The summed E-state index contributed by atoms with van der Waals surface area (Å²) in [5.41, 5.74) is 1.68. The molecule has 0 aliphatic carbocycles. The van der Waals surface area contributed by atoms with E-state index in [9.17, 15) is 5.11 Å². The first kappa shape index (κ1) is 18.5. The first-order chi connectivity index (χ1) is 7.78. The van der Waals surface area contributed by atoms with Crippen LogP contribution in [0.25, 0.3) is 0 Å². The van der Waals surface area contributed by atoms with Crippen molar-refractivity contribution in [3.63, 3.8) is 0 Å². The van der Waals surface area contributed by atoms with Gasteiger partial charge in [-0.1, -0.05) is 43.7 Å². The van der Waals surface area contributed by atoms with Crippen molar-refractivity contribution >= 4 is 12.6 Å². The quantitative estimate of drug-likeness (QED) is 0.614. The predicted octanol–water partition coefficient (Wildman–Crippen LogP) is 0.256. The van der Waals surface area contributed by atoms with Gasteiger partial charge in [-0.2, -0.15) is 0 Å². The third-order valence-corrected chi connectivity index (χ3v) is 4.46. The summed E-state index contributed by atoms with van der Waals surface area (Å²) < 4.78 is 0. The molecule has 0 aromatic heterocycles. The van der Waals surface area contributed by atoms with Gasteiger partial charge in [-0.15, -0.1) is 5.75 Å². The molecule has 1 aromatic carbocycles. The molecule has 3 heteroatoms. The van der Waals surface area contributed by atoms with Gasteiger partial charge in [0.05, 0.1) is 0 Å². The maximum Gasteiger partial charge on any atom is 1.00 e. The largest absolute Gasteiger partial charge is 1.00 e. The number of benzene rings is 1. The molecular formula is C15H23NaOS. The van der Waals surface area contributed by atoms with Gasteiger partial charge in [-0.25, -0.2) is 0 Å². The fourth-order valence-corrected chi connectivity index (χ4v) is 2.07. The standard InChI is InChI=1S/C15H24OS.Na/c1-12-5-7-13(8-6-12)9-10-14(2,3)15(4,16)11-17;/h5-8,16-17H,9-11H2,1-4H3;/q;+1/p-1. The van der Waals surface area contributed by atoms with Crippen molar-refractivity contribution in [2.24, 2.45) is 5.41 Å². The summed E-state index contributed by atoms with van der Waals surface area (Å²) >= 11 is 5.03. The molecule has 0 radical (unpaired) electrons. The van der Waals surface area contributed by atoms with Crippen molar-refractivity contribution in [2.45, 2.75) is 46.1 Å². The molecule has 0 aliphatic heterocycles. The molecule has 0 fully saturated rings. The third kappa shape index (κ3) is 4.90. The molecular weight excluding hydrogens is 251 g/mol. The molecule has 0 saturated heterocycles. The van der Waals surface area contributed by atoms with E-state index < -0.39 is 5.60 Å². The molecule has 1 atom stereocenters. The van der Waals surface area contributed by atoms with Gasteiger partial charge in [0.1, 0.15) is 0 Å². The number of rotatable bonds is 5. The minimum absolute atomic E-state index is 0. The Morgan fingerprint density at radius 3 is 2.06 bits per heavy atom. The molecule has 0 amide bonds. The summed E-state index contributed by atoms with van der Waals surface area (Å²) in [5.74, 6) is 0.383. The van der Waals surface area contributed by atoms with Gasteiger partial charge in [0, 0.05) is 5.60 Å². The summed E-state index contributed by atoms with van der Waals surface area (Å²) in [6, 6.07) is 8.59. The monoisotopic (exact) mass is 274 g/mol. The van der Waals surface area contributed by atoms with Crippen LogP contribution in [0.5, 0.6) is 0 Å². The van der Waals surface area contributed by atoms with Crippen molar-refractivity contribution < 1.29 is 34.7 Å². The van der Waals surface area contributed by atoms with Crippen molar-refractivity contribution in [3.05, 3.63) is 35.4 Å². The Kier molecular flexibility index (Phi) is 7.57. The zero-order valence-electron chi connectivity index (χ0n) is 12.3. The maximum absolute atomic E-state index is 10.3. The van der Waals surface area contributed by atoms with Gasteiger partial charge in [-0.3, -0.25) is 0 Å². The van der Waals surface area contributed by atoms with Crippen LogP contribution in [0.15, 0.2) is 24.3 Å². The molecule has 1 aromatic rings. The number of aliphatic hydroxyl groups is 1. The van der Waals surface area contributed by atoms with E-state index in [0.29, 0.717) is 5.75 Å². The summed E-state index contributed by atoms with van der Waals surface area (Å²) in [7, 11) is 0. The summed E-state index contributed by atoms with van der Waals surface area (Å²) in [4.78, 5) is 0. The summed E-state index contributed by atoms with van der Waals surface area (Å²) in [6.07, 6.45) is 1.93. The molecule has 96 valence electrons. The molecule has 1 unspecified atom stereocenters. The van der Waals surface area contributed by atoms with Crippen molar-refractivity contribution in [1.29, 1.82) is 0 Å². The number of hydrogen-bond acceptors (Lipinski definition) is 2. The summed E-state index contributed by atoms with van der Waals surface area (Å²) in [5, 5.41) is 10.3. The second-order valence-corrected chi connectivity index (χ2v) is 6.08. The Hall–Kier alpha value is 0.530. The number of aryl methyl sites for hydroxylation is 2. The third-order valence-electron chi connectivity index (χ3n) is 3.90. The van der Waals surface area contributed by atoms with E-state index in [1.807, 2.05) is 6.92 Å². The Balaban J connectivity index is 0.00000289. The average Bonchev–Trinajstić information content (AvgIpc) is 2.28. The fraction of sp³-hybridized carbons (Fsp3) is 0.600. The van der Waals surface area contributed by atoms with Gasteiger partial charge in [0.15, 0.2) is 0 Å². The Morgan fingerprint density at radius 2 is 1.61 bits per heavy atom. The van der Waals surface area contributed by atoms with Crippen LogP contribution in [-0.2, 0) is 19.0 Å². The second kappa shape index (κ2) is 7.35. The molecule has 18 heavy (non-hydrogen) atoms. The van der Waals surface area contributed by atoms with Crippen LogP contribution in [0.1, 0.15) is 38.3 Å². The van der Waals surface area contributed by atoms with Gasteiger partial charge >= 0.3 is 29.6 Å². The number of hydrogen-bond donors (Lipinski definition) is 1. The molecule has 0 heterocycles. The van der Waals surface area contributed by atoms with E-state index in [-0.39, 0.29) is 35.0 Å². The van der Waals surface area contributed by atoms with Crippen molar-refractivity contribution in [1.82, 2.24) is 0 Å². The SMILES string of the molecule is Cc1ccc(CCC(C)(C)C(C)(O)C[S-])cc1.[Na+]. The van der Waals surface area contributed by atoms with E-state index in [1.165, 1.54) is 11.1 Å². The van der Waals surface area contributed by atoms with E-state index in [2.05, 4.69) is 45.0 Å². The van der Waals surface area contributed by atoms with E-state index in [1.54, 1.807) is 0 Å². The predicted molar refractivity (Wildman–Crippen MR) is 76.1 cm³/mol. The topological polar surface area (TPSA) is 20.2 Å². The Morgan fingerprint density at radius 1 is 1.11 bits per heavy atom. The zero-order chi connectivity index (χ0) is 13.1. The smallest absolute Gasteiger partial charge is 0.790 e. The molecule has 0 spiro atoms. The van der Waals surface area contributed by atoms with Gasteiger partial charge in [-0.05, 0) is 37.7 Å². The summed E-state index contributed by atoms with van der Waals surface area (Å²) in [6.45, 7) is 8.12. The molecule has 1 nitrogen and oxygen atoms in total. The van der Waals surface area contributed by atoms with Crippen LogP contribution in [0, 0.1) is 12.3 Å². The average molecular weight is 274 g/mol. The Bertz CT molecular complexity index is 357. The zero-order valence-corrected chi connectivity index (χ0v) is 15.1. The molecule has 1 rings (SSSR count). The molecule has 0 aliphatic rings. The second-order valence-electron chi connectivity index (χ2n) is 5.79. The van der Waals surface area contributed by atoms with E-state index in [0.717, 1.165) is 12.8 Å². The van der Waals surface area contributed by atoms with Crippen LogP contribution in [-0.4, -0.2) is 16.5 Å². The normalized spacial score (nSPS) is 14.8. The van der Waals surface area contributed by atoms with Crippen molar-refractivity contribution in [2.75, 3.05) is 5.75 Å². The minimum Gasteiger partial charge on any atom is -0.790 e. The van der Waals surface area contributed by atoms with Crippen LogP contribution in [0.3, 0.4) is 0 Å². The first-order valence-corrected chi connectivity index (χ1v) is 6.72. The Labute approximate surface area is 139 Å². The van der Waals surface area contributed by atoms with Gasteiger partial charge in [0.25, 0.3) is 0 Å². The molecule has 0 bridgehead atoms. The van der Waals surface area contributed by atoms with Gasteiger partial charge in [0.2, 0.25) is 0 Å². The molecule has 1 N–H and O–H groups in total. The fourth-order valence-electron chi connectivity index (χ4n) is 1.68. The molecule has 0 saturated carbocycles. The first-order valence-electron chi connectivity index (χ1n) is 6.14. The minimum atomic E-state index is -0.771. The van der Waals surface area contributed by atoms with E-state index >= 15 is 0 Å². The van der Waals surface area contributed by atoms with Crippen LogP contribution < -0.4 is 29.6 Å². The van der Waals surface area contributed by atoms with Crippen LogP contribution in [0.2, 0.25) is 0 Å². The van der Waals surface area contributed by atoms with E-state index in [4.69, 9.17) is 12.6 Å².